The molecule has 2 bridgehead atoms. The smallest absolute Gasteiger partial charge is 0.227 e. The van der Waals surface area contributed by atoms with E-state index in [1.165, 1.54) is 16.0 Å². The average molecular weight is 370 g/mol. The fraction of sp³-hybridized carbons (Fsp3) is 0.636. The first-order chi connectivity index (χ1) is 13.0. The van der Waals surface area contributed by atoms with Gasteiger partial charge in [0, 0.05) is 23.4 Å². The number of rotatable bonds is 4. The fourth-order valence-electron chi connectivity index (χ4n) is 5.65. The van der Waals surface area contributed by atoms with E-state index in [1.54, 1.807) is 0 Å². The highest BCUT2D eigenvalue weighted by molar-refractivity contribution is 5.85. The Kier molecular flexibility index (Phi) is 5.22. The van der Waals surface area contributed by atoms with Gasteiger partial charge in [-0.25, -0.2) is 0 Å². The SMILES string of the molecule is Cc1ccccc1C[NH+]1CCN(C(=O)[C@H]2C3CCC(CC3)[C@@H]2C(=O)[O-])CC1. The number of carboxylic acids is 1. The van der Waals surface area contributed by atoms with Crippen LogP contribution in [0.2, 0.25) is 0 Å². The number of aliphatic carboxylic acids is 1. The van der Waals surface area contributed by atoms with Crippen LogP contribution in [-0.2, 0) is 16.1 Å². The molecule has 0 unspecified atom stereocenters. The number of hydrogen-bond acceptors (Lipinski definition) is 3. The summed E-state index contributed by atoms with van der Waals surface area (Å²) in [6, 6.07) is 8.48. The molecule has 4 fully saturated rings. The number of amides is 1. The van der Waals surface area contributed by atoms with Crippen LogP contribution in [0.15, 0.2) is 24.3 Å². The molecule has 1 aromatic rings. The molecule has 3 saturated carbocycles. The maximum absolute atomic E-state index is 13.2. The predicted molar refractivity (Wildman–Crippen MR) is 99.6 cm³/mol. The lowest BCUT2D eigenvalue weighted by Crippen LogP contribution is -3.13. The van der Waals surface area contributed by atoms with Crippen LogP contribution in [-0.4, -0.2) is 43.0 Å². The number of fused-ring (bicyclic) bond motifs is 3. The topological polar surface area (TPSA) is 64.9 Å². The Morgan fingerprint density at radius 1 is 1.04 bits per heavy atom. The number of carbonyl (C=O) groups excluding carboxylic acids is 2. The van der Waals surface area contributed by atoms with Gasteiger partial charge in [0.2, 0.25) is 5.91 Å². The van der Waals surface area contributed by atoms with Gasteiger partial charge in [-0.3, -0.25) is 4.79 Å². The monoisotopic (exact) mass is 370 g/mol. The Bertz CT molecular complexity index is 703. The van der Waals surface area contributed by atoms with E-state index < -0.39 is 11.9 Å². The number of nitrogens with zero attached hydrogens (tertiary/aromatic N) is 1. The number of carbonyl (C=O) groups is 2. The van der Waals surface area contributed by atoms with Crippen molar-refractivity contribution in [2.24, 2.45) is 23.7 Å². The Hall–Kier alpha value is -1.88. The van der Waals surface area contributed by atoms with Crippen molar-refractivity contribution >= 4 is 11.9 Å². The van der Waals surface area contributed by atoms with Crippen molar-refractivity contribution in [3.8, 4) is 0 Å². The molecule has 0 aromatic heterocycles. The Balaban J connectivity index is 1.38. The van der Waals surface area contributed by atoms with Crippen LogP contribution in [0.1, 0.15) is 36.8 Å². The molecule has 27 heavy (non-hydrogen) atoms. The van der Waals surface area contributed by atoms with Crippen molar-refractivity contribution in [1.29, 1.82) is 0 Å². The molecule has 5 nitrogen and oxygen atoms in total. The zero-order valence-electron chi connectivity index (χ0n) is 16.2. The lowest BCUT2D eigenvalue weighted by Gasteiger charge is -2.49. The number of quaternary nitrogens is 1. The van der Waals surface area contributed by atoms with E-state index in [0.717, 1.165) is 58.4 Å². The van der Waals surface area contributed by atoms with Crippen LogP contribution in [0.3, 0.4) is 0 Å². The summed E-state index contributed by atoms with van der Waals surface area (Å²) in [6.07, 6.45) is 3.90. The molecular weight excluding hydrogens is 340 g/mol. The Labute approximate surface area is 161 Å². The van der Waals surface area contributed by atoms with Crippen molar-refractivity contribution < 1.29 is 19.6 Å². The molecule has 1 saturated heterocycles. The lowest BCUT2D eigenvalue weighted by molar-refractivity contribution is -0.917. The van der Waals surface area contributed by atoms with Crippen LogP contribution in [0.25, 0.3) is 0 Å². The standard InChI is InChI=1S/C22H30N2O3/c1-15-4-2-3-5-18(15)14-23-10-12-24(13-11-23)21(25)19-16-6-8-17(9-7-16)20(19)22(26)27/h2-5,16-17,19-20H,6-14H2,1H3,(H,26,27)/t16?,17?,19-,20-/m0/s1. The molecule has 2 atom stereocenters. The Morgan fingerprint density at radius 3 is 2.22 bits per heavy atom. The summed E-state index contributed by atoms with van der Waals surface area (Å²) < 4.78 is 0. The van der Waals surface area contributed by atoms with Crippen molar-refractivity contribution in [1.82, 2.24) is 4.90 Å². The maximum Gasteiger partial charge on any atom is 0.227 e. The zero-order chi connectivity index (χ0) is 19.0. The molecule has 5 rings (SSSR count). The molecule has 0 radical (unpaired) electrons. The number of benzene rings is 1. The summed E-state index contributed by atoms with van der Waals surface area (Å²) in [7, 11) is 0. The summed E-state index contributed by atoms with van der Waals surface area (Å²) in [5.74, 6) is -1.47. The minimum atomic E-state index is -1.01. The second-order valence-corrected chi connectivity index (χ2v) is 8.72. The van der Waals surface area contributed by atoms with Crippen molar-refractivity contribution in [2.75, 3.05) is 26.2 Å². The summed E-state index contributed by atoms with van der Waals surface area (Å²) >= 11 is 0. The molecule has 1 aliphatic heterocycles. The van der Waals surface area contributed by atoms with Crippen LogP contribution in [0, 0.1) is 30.6 Å². The van der Waals surface area contributed by atoms with Crippen LogP contribution in [0.5, 0.6) is 0 Å². The number of hydrogen-bond donors (Lipinski definition) is 1. The molecule has 1 aromatic carbocycles. The van der Waals surface area contributed by atoms with Gasteiger partial charge in [0.1, 0.15) is 6.54 Å². The van der Waals surface area contributed by atoms with Gasteiger partial charge in [0.05, 0.1) is 26.2 Å². The molecule has 1 amide bonds. The highest BCUT2D eigenvalue weighted by atomic mass is 16.4. The van der Waals surface area contributed by atoms with Crippen molar-refractivity contribution in [3.63, 3.8) is 0 Å². The minimum absolute atomic E-state index is 0.0774. The number of piperazine rings is 1. The van der Waals surface area contributed by atoms with Crippen molar-refractivity contribution in [3.05, 3.63) is 35.4 Å². The first kappa shape index (κ1) is 18.5. The first-order valence-corrected chi connectivity index (χ1v) is 10.4. The summed E-state index contributed by atoms with van der Waals surface area (Å²) in [6.45, 7) is 6.45. The molecule has 5 heteroatoms. The quantitative estimate of drug-likeness (QED) is 0.813. The van der Waals surface area contributed by atoms with Gasteiger partial charge >= 0.3 is 0 Å². The number of aryl methyl sites for hydroxylation is 1. The van der Waals surface area contributed by atoms with Gasteiger partial charge in [-0.15, -0.1) is 0 Å². The van der Waals surface area contributed by atoms with Crippen molar-refractivity contribution in [2.45, 2.75) is 39.2 Å². The first-order valence-electron chi connectivity index (χ1n) is 10.4. The summed E-state index contributed by atoms with van der Waals surface area (Å²) in [5, 5.41) is 11.7. The highest BCUT2D eigenvalue weighted by Crippen LogP contribution is 2.49. The third-order valence-corrected chi connectivity index (χ3v) is 7.26. The normalized spacial score (nSPS) is 31.1. The van der Waals surface area contributed by atoms with Crippen LogP contribution >= 0.6 is 0 Å². The summed E-state index contributed by atoms with van der Waals surface area (Å²) in [5.41, 5.74) is 2.69. The highest BCUT2D eigenvalue weighted by Gasteiger charge is 2.49. The van der Waals surface area contributed by atoms with E-state index in [4.69, 9.17) is 0 Å². The molecular formula is C22H30N2O3. The third-order valence-electron chi connectivity index (χ3n) is 7.26. The van der Waals surface area contributed by atoms with Gasteiger partial charge in [-0.05, 0) is 50.0 Å². The maximum atomic E-state index is 13.2. The fourth-order valence-corrected chi connectivity index (χ4v) is 5.65. The number of nitrogens with one attached hydrogen (secondary N) is 1. The van der Waals surface area contributed by atoms with Crippen LogP contribution in [0.4, 0.5) is 0 Å². The number of carboxylic acid groups (broad SMARTS) is 1. The molecule has 0 spiro atoms. The molecule has 4 aliphatic rings. The van der Waals surface area contributed by atoms with E-state index in [-0.39, 0.29) is 23.7 Å². The van der Waals surface area contributed by atoms with Gasteiger partial charge < -0.3 is 19.7 Å². The second-order valence-electron chi connectivity index (χ2n) is 8.72. The van der Waals surface area contributed by atoms with E-state index in [0.29, 0.717) is 0 Å². The molecule has 1 heterocycles. The average Bonchev–Trinajstić information content (AvgIpc) is 2.70. The van der Waals surface area contributed by atoms with Gasteiger partial charge in [-0.1, -0.05) is 24.3 Å². The van der Waals surface area contributed by atoms with Gasteiger partial charge in [0.25, 0.3) is 0 Å². The zero-order valence-corrected chi connectivity index (χ0v) is 16.2. The van der Waals surface area contributed by atoms with E-state index in [1.807, 2.05) is 4.90 Å². The van der Waals surface area contributed by atoms with Crippen LogP contribution < -0.4 is 10.0 Å². The van der Waals surface area contributed by atoms with E-state index >= 15 is 0 Å². The lowest BCUT2D eigenvalue weighted by atomic mass is 9.58. The second kappa shape index (κ2) is 7.63. The Morgan fingerprint density at radius 2 is 1.63 bits per heavy atom. The minimum Gasteiger partial charge on any atom is -0.550 e. The molecule has 3 aliphatic carbocycles. The van der Waals surface area contributed by atoms with Gasteiger partial charge in [-0.2, -0.15) is 0 Å². The molecule has 1 N–H and O–H groups in total. The predicted octanol–water partition coefficient (Wildman–Crippen LogP) is 0.0244. The molecule has 146 valence electrons. The van der Waals surface area contributed by atoms with E-state index in [9.17, 15) is 14.7 Å². The van der Waals surface area contributed by atoms with E-state index in [2.05, 4.69) is 31.2 Å². The summed E-state index contributed by atoms with van der Waals surface area (Å²) in [4.78, 5) is 28.4. The largest absolute Gasteiger partial charge is 0.550 e. The van der Waals surface area contributed by atoms with Gasteiger partial charge in [0.15, 0.2) is 0 Å². The third kappa shape index (κ3) is 3.62.